The van der Waals surface area contributed by atoms with Gasteiger partial charge in [-0.05, 0) is 35.5 Å². The second kappa shape index (κ2) is 6.63. The quantitative estimate of drug-likeness (QED) is 0.590. The van der Waals surface area contributed by atoms with E-state index in [1.54, 1.807) is 18.2 Å². The minimum atomic E-state index is -1.05. The predicted octanol–water partition coefficient (Wildman–Crippen LogP) is 3.08. The molecule has 2 aromatic rings. The molecule has 1 aliphatic heterocycles. The number of H-pyrrole nitrogens is 1. The number of aromatic amines is 1. The molecule has 0 saturated heterocycles. The molecule has 0 aliphatic carbocycles. The summed E-state index contributed by atoms with van der Waals surface area (Å²) < 4.78 is 11.3. The molecule has 23 heavy (non-hydrogen) atoms. The van der Waals surface area contributed by atoms with Gasteiger partial charge in [-0.15, -0.1) is 5.10 Å². The maximum Gasteiger partial charge on any atom is 0.342 e. The van der Waals surface area contributed by atoms with Crippen molar-refractivity contribution in [3.05, 3.63) is 32.9 Å². The van der Waals surface area contributed by atoms with Gasteiger partial charge in [0, 0.05) is 10.9 Å². The number of aryl methyl sites for hydroxylation is 1. The molecule has 0 radical (unpaired) electrons. The molecular weight excluding hydrogens is 386 g/mol. The Morgan fingerprint density at radius 1 is 1.48 bits per heavy atom. The van der Waals surface area contributed by atoms with Gasteiger partial charge in [0.05, 0.1) is 0 Å². The van der Waals surface area contributed by atoms with Gasteiger partial charge in [0.25, 0.3) is 0 Å². The summed E-state index contributed by atoms with van der Waals surface area (Å²) >= 11 is 4.39. The van der Waals surface area contributed by atoms with Gasteiger partial charge < -0.3 is 14.6 Å². The molecular formula is C14H12BrN3O4S. The van der Waals surface area contributed by atoms with Gasteiger partial charge >= 0.3 is 5.97 Å². The maximum absolute atomic E-state index is 11.5. The lowest BCUT2D eigenvalue weighted by Gasteiger charge is -2.04. The third-order valence-electron chi connectivity index (χ3n) is 3.04. The standard InChI is InChI=1S/C14H12BrN3O4S/c1-2-12-16-14(18-17-12)23-11(13(19)20)4-7-3-9-10(5-8(7)15)22-6-21-9/h3-5H,2,6H2,1H3,(H,19,20)(H,16,17,18)/b11-4-. The van der Waals surface area contributed by atoms with Crippen LogP contribution in [-0.4, -0.2) is 33.1 Å². The van der Waals surface area contributed by atoms with E-state index >= 15 is 0 Å². The molecule has 0 spiro atoms. The first-order valence-electron chi connectivity index (χ1n) is 6.70. The second-order valence-electron chi connectivity index (χ2n) is 4.56. The Morgan fingerprint density at radius 2 is 2.22 bits per heavy atom. The number of carbonyl (C=O) groups is 1. The molecule has 9 heteroatoms. The maximum atomic E-state index is 11.5. The van der Waals surface area contributed by atoms with Crippen LogP contribution in [0, 0.1) is 0 Å². The molecule has 7 nitrogen and oxygen atoms in total. The van der Waals surface area contributed by atoms with Gasteiger partial charge in [0.1, 0.15) is 10.7 Å². The van der Waals surface area contributed by atoms with E-state index in [0.29, 0.717) is 38.9 Å². The fourth-order valence-electron chi connectivity index (χ4n) is 1.90. The van der Waals surface area contributed by atoms with Crippen LogP contribution < -0.4 is 9.47 Å². The second-order valence-corrected chi connectivity index (χ2v) is 6.42. The molecule has 1 aromatic carbocycles. The van der Waals surface area contributed by atoms with Crippen LogP contribution in [0.15, 0.2) is 26.7 Å². The van der Waals surface area contributed by atoms with Crippen LogP contribution in [-0.2, 0) is 11.2 Å². The van der Waals surface area contributed by atoms with Gasteiger partial charge in [0.2, 0.25) is 11.9 Å². The summed E-state index contributed by atoms with van der Waals surface area (Å²) in [6.45, 7) is 2.10. The van der Waals surface area contributed by atoms with Crippen LogP contribution >= 0.6 is 27.7 Å². The number of fused-ring (bicyclic) bond motifs is 1. The molecule has 2 N–H and O–H groups in total. The van der Waals surface area contributed by atoms with E-state index in [9.17, 15) is 9.90 Å². The summed E-state index contributed by atoms with van der Waals surface area (Å²) in [4.78, 5) is 15.8. The summed E-state index contributed by atoms with van der Waals surface area (Å²) in [5, 5.41) is 16.5. The number of carboxylic acids is 1. The van der Waals surface area contributed by atoms with E-state index in [0.717, 1.165) is 11.8 Å². The van der Waals surface area contributed by atoms with Gasteiger partial charge in [-0.25, -0.2) is 9.78 Å². The molecule has 1 aromatic heterocycles. The molecule has 0 saturated carbocycles. The van der Waals surface area contributed by atoms with Crippen LogP contribution in [0.5, 0.6) is 11.5 Å². The Hall–Kier alpha value is -2.00. The topological polar surface area (TPSA) is 97.3 Å². The Labute approximate surface area is 144 Å². The molecule has 0 unspecified atom stereocenters. The zero-order valence-electron chi connectivity index (χ0n) is 12.0. The lowest BCUT2D eigenvalue weighted by Crippen LogP contribution is -1.97. The first kappa shape index (κ1) is 15.9. The van der Waals surface area contributed by atoms with E-state index in [2.05, 4.69) is 31.1 Å². The lowest BCUT2D eigenvalue weighted by atomic mass is 10.2. The largest absolute Gasteiger partial charge is 0.477 e. The normalized spacial score (nSPS) is 13.4. The number of hydrogen-bond acceptors (Lipinski definition) is 6. The van der Waals surface area contributed by atoms with Crippen molar-refractivity contribution in [1.29, 1.82) is 0 Å². The molecule has 0 bridgehead atoms. The number of nitrogens with zero attached hydrogens (tertiary/aromatic N) is 2. The summed E-state index contributed by atoms with van der Waals surface area (Å²) in [6.07, 6.45) is 2.24. The number of aliphatic carboxylic acids is 1. The number of aromatic nitrogens is 3. The van der Waals surface area contributed by atoms with Crippen molar-refractivity contribution in [3.63, 3.8) is 0 Å². The number of ether oxygens (including phenoxy) is 2. The molecule has 120 valence electrons. The molecule has 2 heterocycles. The minimum Gasteiger partial charge on any atom is -0.477 e. The van der Waals surface area contributed by atoms with Crippen molar-refractivity contribution >= 4 is 39.7 Å². The highest BCUT2D eigenvalue weighted by Crippen LogP contribution is 2.38. The fourth-order valence-corrected chi connectivity index (χ4v) is 3.05. The summed E-state index contributed by atoms with van der Waals surface area (Å²) in [5.74, 6) is 0.865. The average molecular weight is 398 g/mol. The third-order valence-corrected chi connectivity index (χ3v) is 4.60. The first-order chi connectivity index (χ1) is 11.1. The van der Waals surface area contributed by atoms with Crippen molar-refractivity contribution < 1.29 is 19.4 Å². The van der Waals surface area contributed by atoms with E-state index in [1.165, 1.54) is 0 Å². The van der Waals surface area contributed by atoms with E-state index in [4.69, 9.17) is 9.47 Å². The van der Waals surface area contributed by atoms with Gasteiger partial charge in [-0.3, -0.25) is 5.10 Å². The van der Waals surface area contributed by atoms with Crippen molar-refractivity contribution in [2.45, 2.75) is 18.5 Å². The molecule has 1 aliphatic rings. The predicted molar refractivity (Wildman–Crippen MR) is 87.5 cm³/mol. The van der Waals surface area contributed by atoms with Gasteiger partial charge in [-0.1, -0.05) is 22.9 Å². The highest BCUT2D eigenvalue weighted by molar-refractivity contribution is 9.10. The number of nitrogens with one attached hydrogen (secondary N) is 1. The van der Waals surface area contributed by atoms with E-state index < -0.39 is 5.97 Å². The number of halogens is 1. The summed E-state index contributed by atoms with van der Waals surface area (Å²) in [5.41, 5.74) is 0.672. The smallest absolute Gasteiger partial charge is 0.342 e. The molecule has 0 fully saturated rings. The fraction of sp³-hybridized carbons (Fsp3) is 0.214. The Bertz CT molecular complexity index is 790. The Kier molecular flexibility index (Phi) is 4.58. The van der Waals surface area contributed by atoms with Gasteiger partial charge in [0.15, 0.2) is 11.5 Å². The minimum absolute atomic E-state index is 0.103. The number of carboxylic acid groups (broad SMARTS) is 1. The summed E-state index contributed by atoms with van der Waals surface area (Å²) in [6, 6.07) is 3.48. The van der Waals surface area contributed by atoms with Crippen LogP contribution in [0.25, 0.3) is 6.08 Å². The van der Waals surface area contributed by atoms with E-state index in [-0.39, 0.29) is 11.7 Å². The third kappa shape index (κ3) is 3.50. The highest BCUT2D eigenvalue weighted by atomic mass is 79.9. The number of thioether (sulfide) groups is 1. The highest BCUT2D eigenvalue weighted by Gasteiger charge is 2.18. The van der Waals surface area contributed by atoms with Crippen LogP contribution in [0.2, 0.25) is 0 Å². The van der Waals surface area contributed by atoms with Crippen LogP contribution in [0.4, 0.5) is 0 Å². The van der Waals surface area contributed by atoms with Crippen LogP contribution in [0.1, 0.15) is 18.3 Å². The van der Waals surface area contributed by atoms with E-state index in [1.807, 2.05) is 6.92 Å². The van der Waals surface area contributed by atoms with Crippen molar-refractivity contribution in [2.75, 3.05) is 6.79 Å². The monoisotopic (exact) mass is 397 g/mol. The lowest BCUT2D eigenvalue weighted by molar-refractivity contribution is -0.131. The van der Waals surface area contributed by atoms with Crippen molar-refractivity contribution in [3.8, 4) is 11.5 Å². The van der Waals surface area contributed by atoms with Gasteiger partial charge in [-0.2, -0.15) is 0 Å². The number of benzene rings is 1. The molecule has 0 amide bonds. The molecule has 0 atom stereocenters. The number of hydrogen-bond donors (Lipinski definition) is 2. The SMILES string of the molecule is CCc1nc(S/C(=C\c2cc3c(cc2Br)OCO3)C(=O)O)n[nH]1. The summed E-state index contributed by atoms with van der Waals surface area (Å²) in [7, 11) is 0. The zero-order chi connectivity index (χ0) is 16.4. The Morgan fingerprint density at radius 3 is 2.87 bits per heavy atom. The van der Waals surface area contributed by atoms with Crippen molar-refractivity contribution in [1.82, 2.24) is 15.2 Å². The number of rotatable bonds is 5. The first-order valence-corrected chi connectivity index (χ1v) is 8.31. The molecule has 3 rings (SSSR count). The van der Waals surface area contributed by atoms with Crippen molar-refractivity contribution in [2.24, 2.45) is 0 Å². The Balaban J connectivity index is 1.91. The average Bonchev–Trinajstić information content (AvgIpc) is 3.15. The zero-order valence-corrected chi connectivity index (χ0v) is 14.4. The van der Waals surface area contributed by atoms with Crippen LogP contribution in [0.3, 0.4) is 0 Å².